The first-order valence-corrected chi connectivity index (χ1v) is 11.4. The molecule has 1 aliphatic carbocycles. The lowest BCUT2D eigenvalue weighted by Crippen LogP contribution is -2.64. The van der Waals surface area contributed by atoms with Gasteiger partial charge in [-0.1, -0.05) is 37.1 Å². The molecule has 7 rings (SSSR count). The Morgan fingerprint density at radius 1 is 1.03 bits per heavy atom. The van der Waals surface area contributed by atoms with Crippen molar-refractivity contribution in [1.82, 2.24) is 14.8 Å². The molecule has 168 valence electrons. The Labute approximate surface area is 196 Å². The third-order valence-electron chi connectivity index (χ3n) is 7.38. The summed E-state index contributed by atoms with van der Waals surface area (Å²) in [6, 6.07) is 10.7. The molecule has 33 heavy (non-hydrogen) atoms. The molecule has 0 spiro atoms. The van der Waals surface area contributed by atoms with E-state index in [9.17, 15) is 9.59 Å². The lowest BCUT2D eigenvalue weighted by atomic mass is 9.85. The highest BCUT2D eigenvalue weighted by Gasteiger charge is 2.49. The Morgan fingerprint density at radius 2 is 1.85 bits per heavy atom. The average molecular weight is 448 g/mol. The minimum absolute atomic E-state index is 0.189. The van der Waals surface area contributed by atoms with Crippen molar-refractivity contribution >= 4 is 22.7 Å². The molecule has 2 aromatic carbocycles. The molecule has 4 aliphatic rings. The predicted octanol–water partition coefficient (Wildman–Crippen LogP) is 3.52. The van der Waals surface area contributed by atoms with E-state index in [1.165, 1.54) is 9.80 Å². The summed E-state index contributed by atoms with van der Waals surface area (Å²) in [6.45, 7) is -4.78. The van der Waals surface area contributed by atoms with Gasteiger partial charge in [-0.3, -0.25) is 9.59 Å². The van der Waals surface area contributed by atoms with Crippen LogP contribution in [0.2, 0.25) is 0 Å². The third kappa shape index (κ3) is 2.74. The van der Waals surface area contributed by atoms with Gasteiger partial charge >= 0.3 is 0 Å². The fourth-order valence-electron chi connectivity index (χ4n) is 5.86. The molecule has 2 amide bonds. The zero-order valence-electron chi connectivity index (χ0n) is 21.8. The number of rotatable bonds is 2. The molecule has 7 nitrogen and oxygen atoms in total. The average Bonchev–Trinajstić information content (AvgIpc) is 3.57. The van der Waals surface area contributed by atoms with E-state index in [1.54, 1.807) is 18.2 Å². The highest BCUT2D eigenvalue weighted by molar-refractivity contribution is 5.98. The number of benzene rings is 2. The van der Waals surface area contributed by atoms with Gasteiger partial charge in [-0.25, -0.2) is 0 Å². The van der Waals surface area contributed by atoms with Crippen LogP contribution in [0.3, 0.4) is 0 Å². The normalized spacial score (nSPS) is 29.3. The van der Waals surface area contributed by atoms with Gasteiger partial charge in [0.1, 0.15) is 15.3 Å². The van der Waals surface area contributed by atoms with E-state index in [1.807, 2.05) is 24.3 Å². The zero-order valence-corrected chi connectivity index (χ0v) is 17.8. The lowest BCUT2D eigenvalue weighted by Gasteiger charge is -2.48. The minimum Gasteiger partial charge on any atom is -0.454 e. The van der Waals surface area contributed by atoms with Crippen molar-refractivity contribution in [3.05, 3.63) is 59.3 Å². The Morgan fingerprint density at radius 3 is 2.73 bits per heavy atom. The van der Waals surface area contributed by atoms with Crippen LogP contribution in [0.15, 0.2) is 42.5 Å². The summed E-state index contributed by atoms with van der Waals surface area (Å²) in [5, 5.41) is 0.959. The number of carbonyl (C=O) groups is 2. The fraction of sp³-hybridized carbons (Fsp3) is 0.385. The van der Waals surface area contributed by atoms with Crippen molar-refractivity contribution in [1.29, 1.82) is 0 Å². The number of nitrogens with one attached hydrogen (secondary N) is 1. The number of ether oxygens (including phenoxy) is 2. The largest absolute Gasteiger partial charge is 0.454 e. The second kappa shape index (κ2) is 7.01. The van der Waals surface area contributed by atoms with Gasteiger partial charge in [0, 0.05) is 29.1 Å². The van der Waals surface area contributed by atoms with Crippen molar-refractivity contribution in [3.8, 4) is 11.5 Å². The van der Waals surface area contributed by atoms with Crippen LogP contribution in [-0.2, 0) is 16.0 Å². The molecule has 1 saturated carbocycles. The number of hydrogen-bond acceptors (Lipinski definition) is 4. The maximum absolute atomic E-state index is 14.0. The second-order valence-electron chi connectivity index (χ2n) is 9.15. The van der Waals surface area contributed by atoms with Crippen LogP contribution < -0.4 is 9.47 Å². The van der Waals surface area contributed by atoms with E-state index in [-0.39, 0.29) is 29.9 Å². The van der Waals surface area contributed by atoms with Gasteiger partial charge in [0.25, 0.3) is 0 Å². The molecule has 7 heteroatoms. The van der Waals surface area contributed by atoms with Crippen molar-refractivity contribution in [3.63, 3.8) is 0 Å². The van der Waals surface area contributed by atoms with Gasteiger partial charge in [0.2, 0.25) is 18.6 Å². The van der Waals surface area contributed by atoms with Crippen LogP contribution >= 0.6 is 0 Å². The van der Waals surface area contributed by atoms with Crippen molar-refractivity contribution in [2.24, 2.45) is 0 Å². The predicted molar refractivity (Wildman–Crippen MR) is 121 cm³/mol. The summed E-state index contributed by atoms with van der Waals surface area (Å²) in [5.41, 5.74) is 3.07. The standard InChI is InChI=1S/C26H25N3O4/c30-23-13-28(16-5-1-2-6-16)26(31)20-12-18-17-7-3-4-8-19(17)27-24(18)25(29(20)23)15-9-10-21-22(11-15)33-14-32-21/h3-4,7-11,16,20,25,27H,1-2,5-6,12-14H2/t20-,25-/m1/s1/i13D2,14D2. The smallest absolute Gasteiger partial charge is 0.246 e. The summed E-state index contributed by atoms with van der Waals surface area (Å²) < 4.78 is 43.7. The molecule has 3 aliphatic heterocycles. The van der Waals surface area contributed by atoms with E-state index < -0.39 is 31.2 Å². The second-order valence-corrected chi connectivity index (χ2v) is 9.15. The number of aromatic nitrogens is 1. The van der Waals surface area contributed by atoms with Crippen LogP contribution in [0, 0.1) is 0 Å². The molecule has 3 aromatic rings. The van der Waals surface area contributed by atoms with Gasteiger partial charge in [-0.2, -0.15) is 0 Å². The first-order chi connectivity index (χ1) is 17.7. The molecule has 2 atom stereocenters. The van der Waals surface area contributed by atoms with Crippen molar-refractivity contribution in [2.45, 2.75) is 50.2 Å². The van der Waals surface area contributed by atoms with Crippen LogP contribution in [0.4, 0.5) is 0 Å². The molecule has 4 heterocycles. The Bertz CT molecular complexity index is 1470. The lowest BCUT2D eigenvalue weighted by molar-refractivity contribution is -0.160. The summed E-state index contributed by atoms with van der Waals surface area (Å²) in [6.07, 6.45) is 3.49. The zero-order chi connectivity index (χ0) is 25.7. The molecule has 2 fully saturated rings. The monoisotopic (exact) mass is 447 g/mol. The number of nitrogens with zero attached hydrogens (tertiary/aromatic N) is 2. The summed E-state index contributed by atoms with van der Waals surface area (Å²) >= 11 is 0. The van der Waals surface area contributed by atoms with E-state index >= 15 is 0 Å². The SMILES string of the molecule is [2H]C1([2H])Oc2ccc([C@@H]3c4[nH]c5ccccc5c4C[C@@H]4C(=O)N(C5CCCC5)C([2H])([2H])C(=O)N34)cc2O1. The van der Waals surface area contributed by atoms with Gasteiger partial charge in [0.15, 0.2) is 11.5 Å². The van der Waals surface area contributed by atoms with E-state index in [0.29, 0.717) is 24.1 Å². The van der Waals surface area contributed by atoms with E-state index in [4.69, 9.17) is 15.0 Å². The highest BCUT2D eigenvalue weighted by atomic mass is 16.7. The molecule has 0 bridgehead atoms. The number of amides is 2. The van der Waals surface area contributed by atoms with Crippen molar-refractivity contribution in [2.75, 3.05) is 13.2 Å². The molecular formula is C26H25N3O4. The summed E-state index contributed by atoms with van der Waals surface area (Å²) in [7, 11) is 0. The number of H-pyrrole nitrogens is 1. The maximum Gasteiger partial charge on any atom is 0.246 e. The third-order valence-corrected chi connectivity index (χ3v) is 7.38. The quantitative estimate of drug-likeness (QED) is 0.652. The number of para-hydroxylation sites is 1. The Balaban J connectivity index is 1.41. The van der Waals surface area contributed by atoms with Crippen LogP contribution in [0.25, 0.3) is 10.9 Å². The molecule has 1 saturated heterocycles. The van der Waals surface area contributed by atoms with Gasteiger partial charge in [0.05, 0.1) is 8.78 Å². The topological polar surface area (TPSA) is 74.9 Å². The summed E-state index contributed by atoms with van der Waals surface area (Å²) in [4.78, 5) is 34.0. The molecular weight excluding hydrogens is 418 g/mol. The molecule has 1 aromatic heterocycles. The van der Waals surface area contributed by atoms with Gasteiger partial charge < -0.3 is 24.3 Å². The molecule has 0 radical (unpaired) electrons. The number of aromatic amines is 1. The number of fused-ring (bicyclic) bond motifs is 5. The number of carbonyl (C=O) groups excluding carboxylic acids is 2. The van der Waals surface area contributed by atoms with Crippen molar-refractivity contribution < 1.29 is 24.5 Å². The van der Waals surface area contributed by atoms with Gasteiger partial charge in [-0.05, 0) is 42.2 Å². The fourth-order valence-corrected chi connectivity index (χ4v) is 5.86. The molecule has 1 N–H and O–H groups in total. The number of hydrogen-bond donors (Lipinski definition) is 1. The van der Waals surface area contributed by atoms with E-state index in [0.717, 1.165) is 29.3 Å². The highest BCUT2D eigenvalue weighted by Crippen LogP contribution is 2.45. The number of piperazine rings is 1. The Kier molecular flexibility index (Phi) is 3.26. The maximum atomic E-state index is 14.0. The first-order valence-electron chi connectivity index (χ1n) is 13.4. The Hall–Kier alpha value is -3.48. The van der Waals surface area contributed by atoms with Gasteiger partial charge in [-0.15, -0.1) is 0 Å². The minimum atomic E-state index is -2.47. The van der Waals surface area contributed by atoms with Crippen LogP contribution in [-0.4, -0.2) is 51.9 Å². The summed E-state index contributed by atoms with van der Waals surface area (Å²) in [5.74, 6) is -0.684. The van der Waals surface area contributed by atoms with E-state index in [2.05, 4.69) is 4.98 Å². The molecule has 0 unspecified atom stereocenters. The van der Waals surface area contributed by atoms with Crippen LogP contribution in [0.1, 0.15) is 54.0 Å². The van der Waals surface area contributed by atoms with Crippen LogP contribution in [0.5, 0.6) is 11.5 Å². The first kappa shape index (κ1) is 15.4.